The van der Waals surface area contributed by atoms with Gasteiger partial charge in [0.15, 0.2) is 12.0 Å². The topological polar surface area (TPSA) is 101 Å². The average molecular weight is 747 g/mol. The molecule has 284 valence electrons. The van der Waals surface area contributed by atoms with Crippen LogP contribution in [0.15, 0.2) is 24.4 Å². The molecule has 3 atom stereocenters. The second-order valence-corrected chi connectivity index (χ2v) is 17.0. The number of nitrogens with zero attached hydrogens (tertiary/aromatic N) is 7. The van der Waals surface area contributed by atoms with Gasteiger partial charge in [0.05, 0.1) is 28.8 Å². The van der Waals surface area contributed by atoms with E-state index in [4.69, 9.17) is 36.1 Å². The average Bonchev–Trinajstić information content (AvgIpc) is 3.87. The lowest BCUT2D eigenvalue weighted by Crippen LogP contribution is -2.59. The molecule has 1 unspecified atom stereocenters. The molecule has 0 bridgehead atoms. The first-order valence-corrected chi connectivity index (χ1v) is 19.8. The van der Waals surface area contributed by atoms with Crippen LogP contribution in [0.3, 0.4) is 0 Å². The highest BCUT2D eigenvalue weighted by molar-refractivity contribution is 6.35. The lowest BCUT2D eigenvalue weighted by molar-refractivity contribution is -0.0366. The molecule has 3 aliphatic heterocycles. The Kier molecular flexibility index (Phi) is 9.68. The number of rotatable bonds is 6. The van der Waals surface area contributed by atoms with Crippen molar-refractivity contribution >= 4 is 51.3 Å². The zero-order chi connectivity index (χ0) is 37.2. The number of halogens is 2. The van der Waals surface area contributed by atoms with Crippen LogP contribution >= 0.6 is 11.6 Å². The van der Waals surface area contributed by atoms with Crippen LogP contribution in [0.1, 0.15) is 91.4 Å². The minimum absolute atomic E-state index is 0.174. The normalized spacial score (nSPS) is 23.6. The molecule has 1 N–H and O–H groups in total. The van der Waals surface area contributed by atoms with Gasteiger partial charge >= 0.3 is 6.09 Å². The fourth-order valence-corrected chi connectivity index (χ4v) is 8.89. The third-order valence-corrected chi connectivity index (χ3v) is 11.6. The van der Waals surface area contributed by atoms with Crippen molar-refractivity contribution in [2.75, 3.05) is 43.0 Å². The van der Waals surface area contributed by atoms with Gasteiger partial charge in [-0.15, -0.1) is 0 Å². The van der Waals surface area contributed by atoms with Gasteiger partial charge in [-0.1, -0.05) is 23.7 Å². The molecule has 1 saturated carbocycles. The van der Waals surface area contributed by atoms with Gasteiger partial charge in [0.25, 0.3) is 0 Å². The van der Waals surface area contributed by atoms with Gasteiger partial charge in [0.1, 0.15) is 16.9 Å². The van der Waals surface area contributed by atoms with E-state index in [-0.39, 0.29) is 41.0 Å². The summed E-state index contributed by atoms with van der Waals surface area (Å²) in [5, 5.41) is 10.0. The molecule has 2 aromatic carbocycles. The first-order valence-electron chi connectivity index (χ1n) is 19.4. The SMILES string of the molecule is Cc1ccc2cnn(C3CCCCO3)c2c1-c1c(Cl)cc2c(N3C[C@@H](C)N(C(=O)OC(C)(C)C)[C@@H](C)C3)nc(NC3CCN(C4CC4)CC3)nc2c1F. The number of nitrogens with one attached hydrogen (secondary N) is 1. The fraction of sp³-hybridized carbons (Fsp3) is 0.600. The zero-order valence-electron chi connectivity index (χ0n) is 31.8. The summed E-state index contributed by atoms with van der Waals surface area (Å²) in [4.78, 5) is 29.8. The molecule has 4 aromatic rings. The van der Waals surface area contributed by atoms with Crippen molar-refractivity contribution in [1.29, 1.82) is 0 Å². The summed E-state index contributed by atoms with van der Waals surface area (Å²) < 4.78 is 31.4. The molecule has 5 heterocycles. The van der Waals surface area contributed by atoms with Crippen molar-refractivity contribution in [3.05, 3.63) is 40.8 Å². The summed E-state index contributed by atoms with van der Waals surface area (Å²) in [6.07, 6.45) is 8.65. The van der Waals surface area contributed by atoms with Crippen LogP contribution in [0.2, 0.25) is 5.02 Å². The van der Waals surface area contributed by atoms with E-state index >= 15 is 4.39 Å². The number of ether oxygens (including phenoxy) is 2. The number of likely N-dealkylation sites (tertiary alicyclic amines) is 1. The van der Waals surface area contributed by atoms with Crippen LogP contribution in [0.25, 0.3) is 32.9 Å². The van der Waals surface area contributed by atoms with Crippen LogP contribution in [-0.2, 0) is 9.47 Å². The third-order valence-electron chi connectivity index (χ3n) is 11.3. The summed E-state index contributed by atoms with van der Waals surface area (Å²) in [7, 11) is 0. The van der Waals surface area contributed by atoms with Crippen molar-refractivity contribution in [3.8, 4) is 11.1 Å². The maximum Gasteiger partial charge on any atom is 0.410 e. The molecule has 4 aliphatic rings. The van der Waals surface area contributed by atoms with Gasteiger partial charge in [-0.3, -0.25) is 4.90 Å². The monoisotopic (exact) mass is 746 g/mol. The number of fused-ring (bicyclic) bond motifs is 2. The molecular weight excluding hydrogens is 695 g/mol. The van der Waals surface area contributed by atoms with Crippen molar-refractivity contribution in [1.82, 2.24) is 29.5 Å². The maximum absolute atomic E-state index is 17.6. The molecule has 4 fully saturated rings. The van der Waals surface area contributed by atoms with E-state index in [0.717, 1.165) is 67.7 Å². The molecule has 53 heavy (non-hydrogen) atoms. The summed E-state index contributed by atoms with van der Waals surface area (Å²) in [6.45, 7) is 15.3. The number of aromatic nitrogens is 4. The summed E-state index contributed by atoms with van der Waals surface area (Å²) in [6, 6.07) is 6.34. The Morgan fingerprint density at radius 1 is 1.02 bits per heavy atom. The first-order chi connectivity index (χ1) is 25.4. The number of amides is 1. The Hall–Kier alpha value is -3.74. The van der Waals surface area contributed by atoms with Crippen LogP contribution in [-0.4, -0.2) is 98.2 Å². The number of hydrogen-bond donors (Lipinski definition) is 1. The lowest BCUT2D eigenvalue weighted by Gasteiger charge is -2.45. The number of anilines is 2. The van der Waals surface area contributed by atoms with Gasteiger partial charge in [0, 0.05) is 66.8 Å². The summed E-state index contributed by atoms with van der Waals surface area (Å²) >= 11 is 7.19. The second-order valence-electron chi connectivity index (χ2n) is 16.6. The highest BCUT2D eigenvalue weighted by Gasteiger charge is 2.38. The Morgan fingerprint density at radius 2 is 1.75 bits per heavy atom. The van der Waals surface area contributed by atoms with Crippen molar-refractivity contribution < 1.29 is 18.7 Å². The highest BCUT2D eigenvalue weighted by atomic mass is 35.5. The van der Waals surface area contributed by atoms with E-state index in [1.807, 2.05) is 70.6 Å². The molecule has 0 spiro atoms. The standard InChI is InChI=1S/C40H52ClFN8O3/c1-23-10-11-26-20-43-50(31-9-7-8-18-52-31)36(26)32(23)33-30(41)19-29-35(34(33)42)45-38(44-27-14-16-47(17-15-27)28-12-13-28)46-37(29)48-21-24(2)49(25(3)22-48)39(51)53-40(4,5)6/h10-11,19-20,24-25,27-28,31H,7-9,12-18,21-22H2,1-6H3,(H,44,45,46)/t24-,25+,31?. The van der Waals surface area contributed by atoms with Crippen LogP contribution in [0.4, 0.5) is 21.0 Å². The number of hydrogen-bond acceptors (Lipinski definition) is 9. The highest BCUT2D eigenvalue weighted by Crippen LogP contribution is 2.44. The van der Waals surface area contributed by atoms with Gasteiger partial charge in [-0.2, -0.15) is 10.1 Å². The fourth-order valence-electron chi connectivity index (χ4n) is 8.61. The second kappa shape index (κ2) is 14.2. The van der Waals surface area contributed by atoms with E-state index in [1.165, 1.54) is 12.8 Å². The van der Waals surface area contributed by atoms with E-state index in [9.17, 15) is 4.79 Å². The minimum Gasteiger partial charge on any atom is -0.444 e. The first kappa shape index (κ1) is 36.2. The zero-order valence-corrected chi connectivity index (χ0v) is 32.5. The Morgan fingerprint density at radius 3 is 2.42 bits per heavy atom. The Labute approximate surface area is 316 Å². The van der Waals surface area contributed by atoms with Crippen LogP contribution in [0, 0.1) is 12.7 Å². The van der Waals surface area contributed by atoms with Gasteiger partial charge in [-0.25, -0.2) is 18.9 Å². The number of benzene rings is 2. The van der Waals surface area contributed by atoms with E-state index in [1.54, 1.807) is 4.90 Å². The van der Waals surface area contributed by atoms with Crippen molar-refractivity contribution in [2.24, 2.45) is 0 Å². The van der Waals surface area contributed by atoms with E-state index in [2.05, 4.69) is 15.1 Å². The third kappa shape index (κ3) is 7.14. The predicted molar refractivity (Wildman–Crippen MR) is 207 cm³/mol. The smallest absolute Gasteiger partial charge is 0.410 e. The molecule has 8 rings (SSSR count). The molecule has 13 heteroatoms. The quantitative estimate of drug-likeness (QED) is 0.209. The van der Waals surface area contributed by atoms with Gasteiger partial charge in [0.2, 0.25) is 5.95 Å². The number of carbonyl (C=O) groups excluding carboxylic acids is 1. The van der Waals surface area contributed by atoms with Gasteiger partial charge in [-0.05, 0) is 98.1 Å². The number of carbonyl (C=O) groups is 1. The summed E-state index contributed by atoms with van der Waals surface area (Å²) in [5.74, 6) is 0.498. The van der Waals surface area contributed by atoms with Gasteiger partial charge < -0.3 is 24.6 Å². The number of piperazine rings is 1. The molecule has 3 saturated heterocycles. The van der Waals surface area contributed by atoms with E-state index < -0.39 is 11.4 Å². The van der Waals surface area contributed by atoms with Crippen LogP contribution in [0.5, 0.6) is 0 Å². The molecule has 0 radical (unpaired) electrons. The molecule has 1 amide bonds. The summed E-state index contributed by atoms with van der Waals surface area (Å²) in [5.41, 5.74) is 2.26. The maximum atomic E-state index is 17.6. The molecule has 2 aromatic heterocycles. The van der Waals surface area contributed by atoms with Crippen molar-refractivity contribution in [3.63, 3.8) is 0 Å². The molecular formula is C40H52ClFN8O3. The minimum atomic E-state index is -0.609. The van der Waals surface area contributed by atoms with E-state index in [0.29, 0.717) is 48.0 Å². The molecule has 1 aliphatic carbocycles. The Bertz CT molecular complexity index is 2000. The Balaban J connectivity index is 1.22. The predicted octanol–water partition coefficient (Wildman–Crippen LogP) is 8.32. The van der Waals surface area contributed by atoms with Crippen LogP contribution < -0.4 is 10.2 Å². The number of piperidine rings is 1. The number of aryl methyl sites for hydroxylation is 1. The lowest BCUT2D eigenvalue weighted by atomic mass is 9.95. The molecule has 11 nitrogen and oxygen atoms in total. The largest absolute Gasteiger partial charge is 0.444 e. The van der Waals surface area contributed by atoms with Crippen molar-refractivity contribution in [2.45, 2.75) is 122 Å².